The number of esters is 1. The molecule has 1 atom stereocenters. The summed E-state index contributed by atoms with van der Waals surface area (Å²) in [5, 5.41) is 13.2. The van der Waals surface area contributed by atoms with E-state index in [-0.39, 0.29) is 5.69 Å². The highest BCUT2D eigenvalue weighted by molar-refractivity contribution is 5.93. The SMILES string of the molecule is Cc1cc([N+](=O)[O-])ccc1NC(=O)COC(=O)[C@@H]1CCCO1. The van der Waals surface area contributed by atoms with E-state index in [9.17, 15) is 19.7 Å². The zero-order valence-corrected chi connectivity index (χ0v) is 12.0. The van der Waals surface area contributed by atoms with Gasteiger partial charge in [-0.25, -0.2) is 4.79 Å². The highest BCUT2D eigenvalue weighted by atomic mass is 16.6. The molecule has 2 rings (SSSR count). The number of nitrogens with one attached hydrogen (secondary N) is 1. The Balaban J connectivity index is 1.86. The molecule has 8 heteroatoms. The molecular weight excluding hydrogens is 292 g/mol. The van der Waals surface area contributed by atoms with Crippen molar-refractivity contribution in [1.29, 1.82) is 0 Å². The lowest BCUT2D eigenvalue weighted by molar-refractivity contribution is -0.384. The summed E-state index contributed by atoms with van der Waals surface area (Å²) < 4.78 is 10.0. The van der Waals surface area contributed by atoms with Gasteiger partial charge in [0.25, 0.3) is 11.6 Å². The fraction of sp³-hybridized carbons (Fsp3) is 0.429. The molecule has 1 N–H and O–H groups in total. The largest absolute Gasteiger partial charge is 0.454 e. The Bertz CT molecular complexity index is 595. The van der Waals surface area contributed by atoms with Crippen LogP contribution in [-0.2, 0) is 19.1 Å². The van der Waals surface area contributed by atoms with Gasteiger partial charge >= 0.3 is 5.97 Å². The second-order valence-electron chi connectivity index (χ2n) is 4.91. The number of hydrogen-bond donors (Lipinski definition) is 1. The van der Waals surface area contributed by atoms with Gasteiger partial charge < -0.3 is 14.8 Å². The fourth-order valence-corrected chi connectivity index (χ4v) is 2.08. The minimum atomic E-state index is -0.589. The summed E-state index contributed by atoms with van der Waals surface area (Å²) in [5.74, 6) is -1.06. The molecule has 0 aromatic heterocycles. The van der Waals surface area contributed by atoms with Gasteiger partial charge in [0.05, 0.1) is 4.92 Å². The summed E-state index contributed by atoms with van der Waals surface area (Å²) in [5.41, 5.74) is 0.928. The van der Waals surface area contributed by atoms with Gasteiger partial charge in [-0.15, -0.1) is 0 Å². The molecule has 1 saturated heterocycles. The van der Waals surface area contributed by atoms with Crippen LogP contribution in [0.25, 0.3) is 0 Å². The number of amides is 1. The number of nitro groups is 1. The number of ether oxygens (including phenoxy) is 2. The third-order valence-electron chi connectivity index (χ3n) is 3.23. The van der Waals surface area contributed by atoms with E-state index in [1.165, 1.54) is 18.2 Å². The summed E-state index contributed by atoms with van der Waals surface area (Å²) in [7, 11) is 0. The number of benzene rings is 1. The molecule has 0 spiro atoms. The van der Waals surface area contributed by atoms with Crippen LogP contribution in [0.15, 0.2) is 18.2 Å². The zero-order chi connectivity index (χ0) is 16.1. The molecular formula is C14H16N2O6. The summed E-state index contributed by atoms with van der Waals surface area (Å²) in [6.45, 7) is 1.74. The summed E-state index contributed by atoms with van der Waals surface area (Å²) >= 11 is 0. The number of nitrogens with zero attached hydrogens (tertiary/aromatic N) is 1. The molecule has 0 unspecified atom stereocenters. The van der Waals surface area contributed by atoms with Gasteiger partial charge in [-0.05, 0) is 31.4 Å². The molecule has 0 aliphatic carbocycles. The van der Waals surface area contributed by atoms with Crippen molar-refractivity contribution in [2.45, 2.75) is 25.9 Å². The van der Waals surface area contributed by atoms with Crippen molar-refractivity contribution in [1.82, 2.24) is 0 Å². The second-order valence-corrected chi connectivity index (χ2v) is 4.91. The van der Waals surface area contributed by atoms with Crippen molar-refractivity contribution in [3.05, 3.63) is 33.9 Å². The first-order chi connectivity index (χ1) is 10.5. The first kappa shape index (κ1) is 15.9. The Kier molecular flexibility index (Phi) is 5.05. The van der Waals surface area contributed by atoms with E-state index in [1.54, 1.807) is 6.92 Å². The Labute approximate surface area is 126 Å². The van der Waals surface area contributed by atoms with Gasteiger partial charge in [0.2, 0.25) is 0 Å². The third kappa shape index (κ3) is 4.01. The number of aryl methyl sites for hydroxylation is 1. The van der Waals surface area contributed by atoms with E-state index in [0.29, 0.717) is 24.3 Å². The highest BCUT2D eigenvalue weighted by Crippen LogP contribution is 2.21. The molecule has 1 amide bonds. The fourth-order valence-electron chi connectivity index (χ4n) is 2.08. The third-order valence-corrected chi connectivity index (χ3v) is 3.23. The van der Waals surface area contributed by atoms with Crippen LogP contribution in [-0.4, -0.2) is 36.1 Å². The maximum absolute atomic E-state index is 11.7. The van der Waals surface area contributed by atoms with Crippen LogP contribution in [0.2, 0.25) is 0 Å². The normalized spacial score (nSPS) is 17.0. The van der Waals surface area contributed by atoms with Gasteiger partial charge in [-0.1, -0.05) is 0 Å². The molecule has 22 heavy (non-hydrogen) atoms. The summed E-state index contributed by atoms with van der Waals surface area (Å²) in [6.07, 6.45) is 0.810. The van der Waals surface area contributed by atoms with Crippen LogP contribution < -0.4 is 5.32 Å². The van der Waals surface area contributed by atoms with E-state index in [2.05, 4.69) is 5.32 Å². The number of carbonyl (C=O) groups is 2. The van der Waals surface area contributed by atoms with Crippen LogP contribution in [0.5, 0.6) is 0 Å². The number of nitro benzene ring substituents is 1. The number of carbonyl (C=O) groups excluding carboxylic acids is 2. The lowest BCUT2D eigenvalue weighted by atomic mass is 10.2. The van der Waals surface area contributed by atoms with Crippen molar-refractivity contribution in [3.8, 4) is 0 Å². The van der Waals surface area contributed by atoms with E-state index < -0.39 is 29.5 Å². The molecule has 1 aliphatic heterocycles. The smallest absolute Gasteiger partial charge is 0.335 e. The topological polar surface area (TPSA) is 108 Å². The molecule has 1 aromatic rings. The molecule has 118 valence electrons. The Morgan fingerprint density at radius 3 is 2.86 bits per heavy atom. The lowest BCUT2D eigenvalue weighted by Gasteiger charge is -2.11. The second kappa shape index (κ2) is 6.99. The summed E-state index contributed by atoms with van der Waals surface area (Å²) in [6, 6.07) is 4.09. The first-order valence-corrected chi connectivity index (χ1v) is 6.80. The standard InChI is InChI=1S/C14H16N2O6/c1-9-7-10(16(19)20)4-5-11(9)15-13(17)8-22-14(18)12-3-2-6-21-12/h4-5,7,12H,2-3,6,8H2,1H3,(H,15,17)/t12-/m0/s1. The Hall–Kier alpha value is -2.48. The number of anilines is 1. The minimum absolute atomic E-state index is 0.0553. The van der Waals surface area contributed by atoms with Crippen molar-refractivity contribution in [2.24, 2.45) is 0 Å². The average molecular weight is 308 g/mol. The van der Waals surface area contributed by atoms with E-state index in [4.69, 9.17) is 9.47 Å². The van der Waals surface area contributed by atoms with Crippen molar-refractivity contribution in [2.75, 3.05) is 18.5 Å². The minimum Gasteiger partial charge on any atom is -0.454 e. The van der Waals surface area contributed by atoms with Gasteiger partial charge in [-0.2, -0.15) is 0 Å². The molecule has 8 nitrogen and oxygen atoms in total. The van der Waals surface area contributed by atoms with Crippen LogP contribution in [0.3, 0.4) is 0 Å². The van der Waals surface area contributed by atoms with Crippen LogP contribution in [0.4, 0.5) is 11.4 Å². The number of rotatable bonds is 5. The molecule has 1 aromatic carbocycles. The lowest BCUT2D eigenvalue weighted by Crippen LogP contribution is -2.27. The van der Waals surface area contributed by atoms with Crippen molar-refractivity contribution >= 4 is 23.3 Å². The molecule has 0 bridgehead atoms. The van der Waals surface area contributed by atoms with Crippen LogP contribution in [0, 0.1) is 17.0 Å². The van der Waals surface area contributed by atoms with E-state index >= 15 is 0 Å². The monoisotopic (exact) mass is 308 g/mol. The van der Waals surface area contributed by atoms with Gasteiger partial charge in [0.1, 0.15) is 0 Å². The maximum atomic E-state index is 11.7. The average Bonchev–Trinajstić information content (AvgIpc) is 3.01. The van der Waals surface area contributed by atoms with Gasteiger partial charge in [0, 0.05) is 24.4 Å². The molecule has 1 heterocycles. The number of non-ortho nitro benzene ring substituents is 1. The predicted octanol–water partition coefficient (Wildman–Crippen LogP) is 1.56. The first-order valence-electron chi connectivity index (χ1n) is 6.80. The van der Waals surface area contributed by atoms with Crippen molar-refractivity contribution in [3.63, 3.8) is 0 Å². The van der Waals surface area contributed by atoms with E-state index in [0.717, 1.165) is 6.42 Å². The quantitative estimate of drug-likeness (QED) is 0.502. The Morgan fingerprint density at radius 2 is 2.27 bits per heavy atom. The zero-order valence-electron chi connectivity index (χ0n) is 12.0. The van der Waals surface area contributed by atoms with Crippen LogP contribution >= 0.6 is 0 Å². The Morgan fingerprint density at radius 1 is 1.50 bits per heavy atom. The van der Waals surface area contributed by atoms with E-state index in [1.807, 2.05) is 0 Å². The number of hydrogen-bond acceptors (Lipinski definition) is 6. The summed E-state index contributed by atoms with van der Waals surface area (Å²) in [4.78, 5) is 33.5. The molecule has 0 saturated carbocycles. The van der Waals surface area contributed by atoms with Gasteiger partial charge in [-0.3, -0.25) is 14.9 Å². The molecule has 1 aliphatic rings. The van der Waals surface area contributed by atoms with Crippen molar-refractivity contribution < 1.29 is 24.0 Å². The predicted molar refractivity (Wildman–Crippen MR) is 76.4 cm³/mol. The highest BCUT2D eigenvalue weighted by Gasteiger charge is 2.25. The molecule has 1 fully saturated rings. The maximum Gasteiger partial charge on any atom is 0.335 e. The molecule has 0 radical (unpaired) electrons. The van der Waals surface area contributed by atoms with Gasteiger partial charge in [0.15, 0.2) is 12.7 Å². The van der Waals surface area contributed by atoms with Crippen LogP contribution in [0.1, 0.15) is 18.4 Å².